The van der Waals surface area contributed by atoms with Gasteiger partial charge in [0.05, 0.1) is 6.20 Å². The van der Waals surface area contributed by atoms with Crippen LogP contribution in [0.25, 0.3) is 0 Å². The van der Waals surface area contributed by atoms with Crippen molar-refractivity contribution in [1.82, 2.24) is 20.4 Å². The monoisotopic (exact) mass is 388 g/mol. The second kappa shape index (κ2) is 8.62. The fourth-order valence-electron chi connectivity index (χ4n) is 4.25. The Labute approximate surface area is 172 Å². The summed E-state index contributed by atoms with van der Waals surface area (Å²) in [6.07, 6.45) is 6.90. The van der Waals surface area contributed by atoms with Crippen molar-refractivity contribution >= 4 is 5.91 Å². The topological polar surface area (TPSA) is 61.0 Å². The van der Waals surface area contributed by atoms with Crippen molar-refractivity contribution in [3.05, 3.63) is 89.2 Å². The third kappa shape index (κ3) is 4.25. The van der Waals surface area contributed by atoms with Crippen LogP contribution in [0.2, 0.25) is 0 Å². The van der Waals surface area contributed by atoms with E-state index in [0.717, 1.165) is 37.8 Å². The standard InChI is InChI=1S/C24H28N4O/c1-28(14-12-19-7-3-2-4-8-19)24(15-21-9-5-6-10-22(21)16-24)23(29)25-13-11-20-17-26-27-18-20/h2-10,17-18H,11-16H2,1H3,(H,25,29)(H,26,27). The van der Waals surface area contributed by atoms with Crippen molar-refractivity contribution in [3.63, 3.8) is 0 Å². The van der Waals surface area contributed by atoms with Gasteiger partial charge in [-0.1, -0.05) is 54.6 Å². The number of H-pyrrole nitrogens is 1. The number of rotatable bonds is 8. The lowest BCUT2D eigenvalue weighted by atomic mass is 9.91. The Bertz CT molecular complexity index is 912. The maximum absolute atomic E-state index is 13.4. The minimum atomic E-state index is -0.533. The highest BCUT2D eigenvalue weighted by Gasteiger charge is 2.46. The van der Waals surface area contributed by atoms with Gasteiger partial charge in [-0.15, -0.1) is 0 Å². The molecule has 0 spiro atoms. The summed E-state index contributed by atoms with van der Waals surface area (Å²) >= 11 is 0. The van der Waals surface area contributed by atoms with Crippen LogP contribution in [0.15, 0.2) is 67.0 Å². The van der Waals surface area contributed by atoms with E-state index in [1.807, 2.05) is 12.3 Å². The Morgan fingerprint density at radius 1 is 1.03 bits per heavy atom. The van der Waals surface area contributed by atoms with E-state index >= 15 is 0 Å². The van der Waals surface area contributed by atoms with Crippen LogP contribution in [0.4, 0.5) is 0 Å². The summed E-state index contributed by atoms with van der Waals surface area (Å²) in [6.45, 7) is 1.45. The lowest BCUT2D eigenvalue weighted by molar-refractivity contribution is -0.132. The molecule has 3 aromatic rings. The second-order valence-electron chi connectivity index (χ2n) is 7.92. The first kappa shape index (κ1) is 19.4. The van der Waals surface area contributed by atoms with Crippen LogP contribution in [0.3, 0.4) is 0 Å². The number of nitrogens with one attached hydrogen (secondary N) is 2. The highest BCUT2D eigenvalue weighted by atomic mass is 16.2. The molecule has 0 atom stereocenters. The average molecular weight is 389 g/mol. The van der Waals surface area contributed by atoms with Crippen LogP contribution in [-0.2, 0) is 30.5 Å². The van der Waals surface area contributed by atoms with Gasteiger partial charge in [0, 0.05) is 32.1 Å². The number of hydrogen-bond donors (Lipinski definition) is 2. The zero-order valence-electron chi connectivity index (χ0n) is 16.9. The molecule has 1 aromatic heterocycles. The molecule has 0 saturated heterocycles. The molecule has 0 bridgehead atoms. The van der Waals surface area contributed by atoms with Crippen LogP contribution >= 0.6 is 0 Å². The van der Waals surface area contributed by atoms with Gasteiger partial charge >= 0.3 is 0 Å². The van der Waals surface area contributed by atoms with E-state index in [1.54, 1.807) is 6.20 Å². The van der Waals surface area contributed by atoms with Crippen molar-refractivity contribution in [2.45, 2.75) is 31.2 Å². The molecule has 0 fully saturated rings. The molecule has 29 heavy (non-hydrogen) atoms. The maximum Gasteiger partial charge on any atom is 0.241 e. The average Bonchev–Trinajstić information content (AvgIpc) is 3.41. The first-order chi connectivity index (χ1) is 14.2. The summed E-state index contributed by atoms with van der Waals surface area (Å²) < 4.78 is 0. The molecule has 150 valence electrons. The van der Waals surface area contributed by atoms with E-state index in [2.05, 4.69) is 76.0 Å². The number of likely N-dealkylation sites (N-methyl/N-ethyl adjacent to an activating group) is 1. The van der Waals surface area contributed by atoms with Gasteiger partial charge in [-0.25, -0.2) is 0 Å². The Morgan fingerprint density at radius 3 is 2.38 bits per heavy atom. The summed E-state index contributed by atoms with van der Waals surface area (Å²) in [5.41, 5.74) is 4.43. The molecule has 5 nitrogen and oxygen atoms in total. The van der Waals surface area contributed by atoms with Crippen molar-refractivity contribution in [1.29, 1.82) is 0 Å². The Balaban J connectivity index is 1.47. The molecule has 0 radical (unpaired) electrons. The van der Waals surface area contributed by atoms with E-state index in [9.17, 15) is 4.79 Å². The zero-order chi connectivity index (χ0) is 20.1. The quantitative estimate of drug-likeness (QED) is 0.624. The minimum absolute atomic E-state index is 0.118. The number of fused-ring (bicyclic) bond motifs is 1. The van der Waals surface area contributed by atoms with E-state index in [1.165, 1.54) is 16.7 Å². The van der Waals surface area contributed by atoms with Gasteiger partial charge in [0.25, 0.3) is 0 Å². The summed E-state index contributed by atoms with van der Waals surface area (Å²) in [6, 6.07) is 18.9. The second-order valence-corrected chi connectivity index (χ2v) is 7.92. The van der Waals surface area contributed by atoms with Gasteiger partial charge in [-0.2, -0.15) is 5.10 Å². The largest absolute Gasteiger partial charge is 0.354 e. The number of amides is 1. The SMILES string of the molecule is CN(CCc1ccccc1)C1(C(=O)NCCc2cn[nH]c2)Cc2ccccc2C1. The molecule has 0 aliphatic heterocycles. The summed E-state index contributed by atoms with van der Waals surface area (Å²) in [5.74, 6) is 0.118. The van der Waals surface area contributed by atoms with Gasteiger partial charge in [0.2, 0.25) is 5.91 Å². The van der Waals surface area contributed by atoms with Crippen LogP contribution in [0.1, 0.15) is 22.3 Å². The lowest BCUT2D eigenvalue weighted by Gasteiger charge is -2.37. The van der Waals surface area contributed by atoms with E-state index in [4.69, 9.17) is 0 Å². The summed E-state index contributed by atoms with van der Waals surface area (Å²) in [7, 11) is 2.09. The number of carbonyl (C=O) groups is 1. The Kier molecular flexibility index (Phi) is 5.76. The third-order valence-electron chi connectivity index (χ3n) is 6.07. The molecule has 2 aromatic carbocycles. The summed E-state index contributed by atoms with van der Waals surface area (Å²) in [5, 5.41) is 9.99. The third-order valence-corrected chi connectivity index (χ3v) is 6.07. The van der Waals surface area contributed by atoms with Crippen molar-refractivity contribution in [3.8, 4) is 0 Å². The normalized spacial score (nSPS) is 14.7. The predicted octanol–water partition coefficient (Wildman–Crippen LogP) is 2.78. The van der Waals surface area contributed by atoms with Gasteiger partial charge in [-0.05, 0) is 42.1 Å². The number of carbonyl (C=O) groups excluding carboxylic acids is 1. The van der Waals surface area contributed by atoms with E-state index in [0.29, 0.717) is 6.54 Å². The number of benzene rings is 2. The van der Waals surface area contributed by atoms with Gasteiger partial charge in [-0.3, -0.25) is 14.8 Å². The zero-order valence-corrected chi connectivity index (χ0v) is 16.9. The smallest absolute Gasteiger partial charge is 0.241 e. The van der Waals surface area contributed by atoms with Crippen LogP contribution < -0.4 is 5.32 Å². The predicted molar refractivity (Wildman–Crippen MR) is 115 cm³/mol. The number of nitrogens with zero attached hydrogens (tertiary/aromatic N) is 2. The molecular weight excluding hydrogens is 360 g/mol. The van der Waals surface area contributed by atoms with E-state index in [-0.39, 0.29) is 5.91 Å². The number of aromatic amines is 1. The molecular formula is C24H28N4O. The van der Waals surface area contributed by atoms with Crippen molar-refractivity contribution in [2.75, 3.05) is 20.1 Å². The Morgan fingerprint density at radius 2 is 1.72 bits per heavy atom. The summed E-state index contributed by atoms with van der Waals surface area (Å²) in [4.78, 5) is 15.7. The molecule has 0 unspecified atom stereocenters. The van der Waals surface area contributed by atoms with Crippen molar-refractivity contribution < 1.29 is 4.79 Å². The fraction of sp³-hybridized carbons (Fsp3) is 0.333. The molecule has 2 N–H and O–H groups in total. The minimum Gasteiger partial charge on any atom is -0.354 e. The highest BCUT2D eigenvalue weighted by molar-refractivity contribution is 5.88. The number of hydrogen-bond acceptors (Lipinski definition) is 3. The van der Waals surface area contributed by atoms with Gasteiger partial charge in [0.1, 0.15) is 5.54 Å². The van der Waals surface area contributed by atoms with Gasteiger partial charge < -0.3 is 5.32 Å². The first-order valence-corrected chi connectivity index (χ1v) is 10.3. The Hall–Kier alpha value is -2.92. The number of aromatic nitrogens is 2. The van der Waals surface area contributed by atoms with Gasteiger partial charge in [0.15, 0.2) is 0 Å². The highest BCUT2D eigenvalue weighted by Crippen LogP contribution is 2.34. The molecule has 1 heterocycles. The van der Waals surface area contributed by atoms with E-state index < -0.39 is 5.54 Å². The van der Waals surface area contributed by atoms with Crippen LogP contribution in [0.5, 0.6) is 0 Å². The fourth-order valence-corrected chi connectivity index (χ4v) is 4.25. The maximum atomic E-state index is 13.4. The van der Waals surface area contributed by atoms with Crippen molar-refractivity contribution in [2.24, 2.45) is 0 Å². The molecule has 1 aliphatic rings. The molecule has 1 amide bonds. The molecule has 5 heteroatoms. The molecule has 4 rings (SSSR count). The molecule has 0 saturated carbocycles. The van der Waals surface area contributed by atoms with Crippen LogP contribution in [0, 0.1) is 0 Å². The first-order valence-electron chi connectivity index (χ1n) is 10.3. The molecule has 1 aliphatic carbocycles. The van der Waals surface area contributed by atoms with Crippen LogP contribution in [-0.4, -0.2) is 46.7 Å². The lowest BCUT2D eigenvalue weighted by Crippen LogP contribution is -2.59.